The zero-order valence-electron chi connectivity index (χ0n) is 22.6. The Morgan fingerprint density at radius 3 is 2.39 bits per heavy atom. The van der Waals surface area contributed by atoms with Gasteiger partial charge in [-0.2, -0.15) is 5.26 Å². The van der Waals surface area contributed by atoms with Crippen LogP contribution in [0.1, 0.15) is 18.1 Å². The summed E-state index contributed by atoms with van der Waals surface area (Å²) in [6.45, 7) is 6.37. The van der Waals surface area contributed by atoms with E-state index in [9.17, 15) is 10.1 Å². The van der Waals surface area contributed by atoms with Gasteiger partial charge in [0, 0.05) is 34.6 Å². The number of ether oxygens (including phenoxy) is 2. The highest BCUT2D eigenvalue weighted by molar-refractivity contribution is 6.01. The molecule has 0 aliphatic rings. The number of carbonyl (C=O) groups excluding carboxylic acids is 1. The van der Waals surface area contributed by atoms with Gasteiger partial charge >= 0.3 is 0 Å². The van der Waals surface area contributed by atoms with Gasteiger partial charge in [0.2, 0.25) is 5.91 Å². The number of nitrogens with zero attached hydrogens (tertiary/aromatic N) is 2. The van der Waals surface area contributed by atoms with Crippen LogP contribution in [0.2, 0.25) is 0 Å². The number of aromatic nitrogens is 1. The van der Waals surface area contributed by atoms with Gasteiger partial charge in [-0.3, -0.25) is 9.78 Å². The van der Waals surface area contributed by atoms with E-state index in [0.29, 0.717) is 41.4 Å². The lowest BCUT2D eigenvalue weighted by Crippen LogP contribution is -2.06. The third-order valence-electron chi connectivity index (χ3n) is 6.41. The molecule has 1 aromatic heterocycles. The Labute approximate surface area is 238 Å². The molecule has 41 heavy (non-hydrogen) atoms. The number of amides is 1. The molecule has 0 saturated heterocycles. The Morgan fingerprint density at radius 1 is 0.976 bits per heavy atom. The van der Waals surface area contributed by atoms with Gasteiger partial charge in [0.05, 0.1) is 23.4 Å². The average molecular weight is 541 g/mol. The Kier molecular flexibility index (Phi) is 8.22. The molecule has 7 heteroatoms. The van der Waals surface area contributed by atoms with E-state index in [1.54, 1.807) is 6.20 Å². The predicted molar refractivity (Wildman–Crippen MR) is 162 cm³/mol. The molecule has 5 aromatic rings. The van der Waals surface area contributed by atoms with Crippen molar-refractivity contribution in [3.05, 3.63) is 121 Å². The quantitative estimate of drug-likeness (QED) is 0.177. The van der Waals surface area contributed by atoms with Crippen molar-refractivity contribution in [3.8, 4) is 28.7 Å². The summed E-state index contributed by atoms with van der Waals surface area (Å²) in [6, 6.07) is 31.2. The second-order valence-corrected chi connectivity index (χ2v) is 9.15. The fourth-order valence-corrected chi connectivity index (χ4v) is 4.39. The molecule has 0 saturated carbocycles. The minimum Gasteiger partial charge on any atom is -0.493 e. The van der Waals surface area contributed by atoms with E-state index in [0.717, 1.165) is 33.5 Å². The molecule has 0 aliphatic carbocycles. The number of carbonyl (C=O) groups is 1. The number of anilines is 3. The Morgan fingerprint density at radius 2 is 1.71 bits per heavy atom. The largest absolute Gasteiger partial charge is 0.493 e. The predicted octanol–water partition coefficient (Wildman–Crippen LogP) is 7.62. The van der Waals surface area contributed by atoms with E-state index in [2.05, 4.69) is 28.3 Å². The highest BCUT2D eigenvalue weighted by Gasteiger charge is 2.15. The molecule has 0 spiro atoms. The van der Waals surface area contributed by atoms with Crippen molar-refractivity contribution in [2.45, 2.75) is 13.5 Å². The summed E-state index contributed by atoms with van der Waals surface area (Å²) in [5, 5.41) is 16.9. The first kappa shape index (κ1) is 27.0. The lowest BCUT2D eigenvalue weighted by molar-refractivity contribution is -0.111. The summed E-state index contributed by atoms with van der Waals surface area (Å²) in [5.41, 5.74) is 6.04. The van der Waals surface area contributed by atoms with Crippen molar-refractivity contribution in [3.63, 3.8) is 0 Å². The van der Waals surface area contributed by atoms with Gasteiger partial charge in [0.15, 0.2) is 0 Å². The average Bonchev–Trinajstić information content (AvgIpc) is 3.01. The van der Waals surface area contributed by atoms with Crippen LogP contribution in [0.4, 0.5) is 17.1 Å². The van der Waals surface area contributed by atoms with Crippen LogP contribution in [0.3, 0.4) is 0 Å². The number of hydrogen-bond donors (Lipinski definition) is 2. The number of pyridine rings is 1. The minimum atomic E-state index is -0.278. The summed E-state index contributed by atoms with van der Waals surface area (Å²) in [7, 11) is 0. The van der Waals surface area contributed by atoms with Gasteiger partial charge in [0.25, 0.3) is 0 Å². The SMILES string of the molecule is C=CC(=O)Nc1ccc(-c2cc3c(Nc4ccc(OCc5ccccc5)cc4)c(C#N)cnc3cc2OCC)cc1. The minimum absolute atomic E-state index is 0.278. The summed E-state index contributed by atoms with van der Waals surface area (Å²) in [6.07, 6.45) is 2.79. The molecule has 1 heterocycles. The number of rotatable bonds is 10. The van der Waals surface area contributed by atoms with Crippen LogP contribution in [0.15, 0.2) is 110 Å². The molecule has 0 atom stereocenters. The van der Waals surface area contributed by atoms with Gasteiger partial charge < -0.3 is 20.1 Å². The molecule has 2 N–H and O–H groups in total. The van der Waals surface area contributed by atoms with E-state index in [1.165, 1.54) is 6.08 Å². The van der Waals surface area contributed by atoms with Gasteiger partial charge in [-0.05, 0) is 66.6 Å². The van der Waals surface area contributed by atoms with Crippen molar-refractivity contribution in [1.29, 1.82) is 5.26 Å². The van der Waals surface area contributed by atoms with E-state index in [-0.39, 0.29) is 5.91 Å². The fourth-order valence-electron chi connectivity index (χ4n) is 4.39. The first-order chi connectivity index (χ1) is 20.1. The maximum atomic E-state index is 11.7. The molecule has 0 bridgehead atoms. The second kappa shape index (κ2) is 12.5. The third kappa shape index (κ3) is 6.35. The van der Waals surface area contributed by atoms with E-state index in [1.807, 2.05) is 97.9 Å². The van der Waals surface area contributed by atoms with E-state index >= 15 is 0 Å². The number of nitrogens with one attached hydrogen (secondary N) is 2. The molecule has 0 radical (unpaired) electrons. The summed E-state index contributed by atoms with van der Waals surface area (Å²) >= 11 is 0. The van der Waals surface area contributed by atoms with Crippen molar-refractivity contribution in [2.24, 2.45) is 0 Å². The maximum Gasteiger partial charge on any atom is 0.247 e. The van der Waals surface area contributed by atoms with Crippen LogP contribution in [0, 0.1) is 11.3 Å². The standard InChI is InChI=1S/C34H28N4O3/c1-3-33(39)37-26-12-10-24(11-13-26)29-18-30-31(19-32(29)40-4-2)36-21-25(20-35)34(30)38-27-14-16-28(17-15-27)41-22-23-8-6-5-7-9-23/h3,5-19,21H,1,4,22H2,2H3,(H,36,38)(H,37,39). The number of benzene rings is 4. The normalized spacial score (nSPS) is 10.4. The van der Waals surface area contributed by atoms with Crippen LogP contribution in [-0.2, 0) is 11.4 Å². The maximum absolute atomic E-state index is 11.7. The molecule has 0 fully saturated rings. The van der Waals surface area contributed by atoms with Crippen LogP contribution in [-0.4, -0.2) is 17.5 Å². The monoisotopic (exact) mass is 540 g/mol. The number of fused-ring (bicyclic) bond motifs is 1. The Bertz CT molecular complexity index is 1730. The molecule has 7 nitrogen and oxygen atoms in total. The van der Waals surface area contributed by atoms with Gasteiger partial charge in [-0.25, -0.2) is 0 Å². The van der Waals surface area contributed by atoms with Crippen LogP contribution in [0.25, 0.3) is 22.0 Å². The highest BCUT2D eigenvalue weighted by Crippen LogP contribution is 2.38. The smallest absolute Gasteiger partial charge is 0.247 e. The summed E-state index contributed by atoms with van der Waals surface area (Å²) in [5.74, 6) is 1.14. The van der Waals surface area contributed by atoms with Gasteiger partial charge in [0.1, 0.15) is 24.2 Å². The van der Waals surface area contributed by atoms with Gasteiger partial charge in [-0.15, -0.1) is 0 Å². The molecular formula is C34H28N4O3. The van der Waals surface area contributed by atoms with Crippen molar-refractivity contribution in [1.82, 2.24) is 4.98 Å². The molecule has 202 valence electrons. The summed E-state index contributed by atoms with van der Waals surface area (Å²) < 4.78 is 11.9. The topological polar surface area (TPSA) is 96.3 Å². The van der Waals surface area contributed by atoms with Gasteiger partial charge in [-0.1, -0.05) is 49.0 Å². The molecule has 0 aliphatic heterocycles. The third-order valence-corrected chi connectivity index (χ3v) is 6.41. The van der Waals surface area contributed by atoms with Crippen molar-refractivity contribution >= 4 is 33.9 Å². The molecule has 1 amide bonds. The van der Waals surface area contributed by atoms with Crippen LogP contribution in [0.5, 0.6) is 11.5 Å². The zero-order chi connectivity index (χ0) is 28.6. The first-order valence-electron chi connectivity index (χ1n) is 13.1. The van der Waals surface area contributed by atoms with E-state index < -0.39 is 0 Å². The number of hydrogen-bond acceptors (Lipinski definition) is 6. The van der Waals surface area contributed by atoms with Crippen molar-refractivity contribution < 1.29 is 14.3 Å². The highest BCUT2D eigenvalue weighted by atomic mass is 16.5. The second-order valence-electron chi connectivity index (χ2n) is 9.15. The first-order valence-corrected chi connectivity index (χ1v) is 13.1. The Hall–Kier alpha value is -5.61. The van der Waals surface area contributed by atoms with Crippen LogP contribution >= 0.6 is 0 Å². The lowest BCUT2D eigenvalue weighted by atomic mass is 9.99. The zero-order valence-corrected chi connectivity index (χ0v) is 22.6. The lowest BCUT2D eigenvalue weighted by Gasteiger charge is -2.16. The van der Waals surface area contributed by atoms with Crippen LogP contribution < -0.4 is 20.1 Å². The molecule has 0 unspecified atom stereocenters. The van der Waals surface area contributed by atoms with E-state index in [4.69, 9.17) is 9.47 Å². The molecular weight excluding hydrogens is 512 g/mol. The van der Waals surface area contributed by atoms with Crippen molar-refractivity contribution in [2.75, 3.05) is 17.2 Å². The number of nitriles is 1. The fraction of sp³-hybridized carbons (Fsp3) is 0.0882. The summed E-state index contributed by atoms with van der Waals surface area (Å²) in [4.78, 5) is 16.2. The molecule has 4 aromatic carbocycles. The molecule has 5 rings (SSSR count). The Balaban J connectivity index is 1.47.